The van der Waals surface area contributed by atoms with E-state index in [9.17, 15) is 4.79 Å². The van der Waals surface area contributed by atoms with Gasteiger partial charge in [-0.2, -0.15) is 0 Å². The monoisotopic (exact) mass is 305 g/mol. The zero-order valence-electron chi connectivity index (χ0n) is 12.8. The summed E-state index contributed by atoms with van der Waals surface area (Å²) in [5, 5.41) is 7.40. The average molecular weight is 305 g/mol. The molecule has 1 amide bonds. The number of anilines is 1. The van der Waals surface area contributed by atoms with Crippen LogP contribution in [0, 0.1) is 0 Å². The minimum absolute atomic E-state index is 0.0503. The van der Waals surface area contributed by atoms with Gasteiger partial charge in [0, 0.05) is 17.4 Å². The van der Waals surface area contributed by atoms with Crippen LogP contribution in [0.1, 0.15) is 12.8 Å². The molecule has 1 unspecified atom stereocenters. The highest BCUT2D eigenvalue weighted by atomic mass is 16.2. The number of nitrogens with one attached hydrogen (secondary N) is 3. The number of aromatic nitrogens is 1. The molecule has 0 aliphatic carbocycles. The third-order valence-corrected chi connectivity index (χ3v) is 4.42. The first-order valence-electron chi connectivity index (χ1n) is 8.01. The van der Waals surface area contributed by atoms with Crippen LogP contribution in [0.2, 0.25) is 0 Å². The number of H-pyrrole nitrogens is 1. The van der Waals surface area contributed by atoms with Gasteiger partial charge in [0.1, 0.15) is 0 Å². The number of benzene rings is 2. The summed E-state index contributed by atoms with van der Waals surface area (Å²) < 4.78 is 0. The summed E-state index contributed by atoms with van der Waals surface area (Å²) in [6.07, 6.45) is 3.93. The van der Waals surface area contributed by atoms with Crippen LogP contribution >= 0.6 is 0 Å². The Balaban J connectivity index is 1.51. The molecule has 4 heteroatoms. The molecule has 2 heterocycles. The van der Waals surface area contributed by atoms with Gasteiger partial charge in [0.15, 0.2) is 0 Å². The normalized spacial score (nSPS) is 17.5. The maximum absolute atomic E-state index is 12.1. The smallest absolute Gasteiger partial charge is 0.241 e. The van der Waals surface area contributed by atoms with Gasteiger partial charge in [-0.25, -0.2) is 0 Å². The number of hydrogen-bond acceptors (Lipinski definition) is 2. The molecule has 0 radical (unpaired) electrons. The summed E-state index contributed by atoms with van der Waals surface area (Å²) in [6.45, 7) is 0.929. The van der Waals surface area contributed by atoms with Crippen molar-refractivity contribution in [2.45, 2.75) is 18.9 Å². The predicted molar refractivity (Wildman–Crippen MR) is 93.4 cm³/mol. The fourth-order valence-electron chi connectivity index (χ4n) is 3.12. The lowest BCUT2D eigenvalue weighted by Crippen LogP contribution is -2.35. The molecule has 0 saturated carbocycles. The van der Waals surface area contributed by atoms with Gasteiger partial charge >= 0.3 is 0 Å². The molecule has 4 nitrogen and oxygen atoms in total. The van der Waals surface area contributed by atoms with E-state index in [4.69, 9.17) is 0 Å². The van der Waals surface area contributed by atoms with E-state index in [0.29, 0.717) is 0 Å². The number of amides is 1. The van der Waals surface area contributed by atoms with Crippen molar-refractivity contribution in [3.8, 4) is 11.1 Å². The first kappa shape index (κ1) is 14.0. The van der Waals surface area contributed by atoms with Crippen molar-refractivity contribution < 1.29 is 4.79 Å². The molecule has 1 fully saturated rings. The summed E-state index contributed by atoms with van der Waals surface area (Å²) in [7, 11) is 0. The summed E-state index contributed by atoms with van der Waals surface area (Å²) in [4.78, 5) is 15.3. The molecule has 3 N–H and O–H groups in total. The number of hydrogen-bond donors (Lipinski definition) is 3. The van der Waals surface area contributed by atoms with Crippen molar-refractivity contribution in [1.82, 2.24) is 10.3 Å². The maximum atomic E-state index is 12.1. The van der Waals surface area contributed by atoms with Crippen molar-refractivity contribution >= 4 is 22.5 Å². The van der Waals surface area contributed by atoms with E-state index in [0.717, 1.165) is 36.2 Å². The number of carbonyl (C=O) groups excluding carboxylic acids is 1. The van der Waals surface area contributed by atoms with Gasteiger partial charge in [-0.3, -0.25) is 4.79 Å². The Bertz CT molecular complexity index is 829. The molecular formula is C19H19N3O. The van der Waals surface area contributed by atoms with Crippen LogP contribution in [0.15, 0.2) is 54.7 Å². The van der Waals surface area contributed by atoms with E-state index in [1.165, 1.54) is 10.9 Å². The fraction of sp³-hybridized carbons (Fsp3) is 0.211. The van der Waals surface area contributed by atoms with E-state index >= 15 is 0 Å². The third-order valence-electron chi connectivity index (χ3n) is 4.42. The van der Waals surface area contributed by atoms with Gasteiger partial charge in [0.05, 0.1) is 6.04 Å². The average Bonchev–Trinajstić information content (AvgIpc) is 3.26. The Morgan fingerprint density at radius 1 is 1.04 bits per heavy atom. The summed E-state index contributed by atoms with van der Waals surface area (Å²) >= 11 is 0. The Hall–Kier alpha value is -2.59. The summed E-state index contributed by atoms with van der Waals surface area (Å²) in [6, 6.07) is 16.4. The Morgan fingerprint density at radius 3 is 2.65 bits per heavy atom. The summed E-state index contributed by atoms with van der Waals surface area (Å²) in [5.41, 5.74) is 4.30. The van der Waals surface area contributed by atoms with Crippen LogP contribution in [0.4, 0.5) is 5.69 Å². The van der Waals surface area contributed by atoms with E-state index in [1.54, 1.807) is 0 Å². The molecule has 0 spiro atoms. The number of carbonyl (C=O) groups is 1. The van der Waals surface area contributed by atoms with Gasteiger partial charge in [-0.05, 0) is 66.2 Å². The molecule has 3 aromatic rings. The lowest BCUT2D eigenvalue weighted by atomic mass is 10.0. The van der Waals surface area contributed by atoms with Gasteiger partial charge in [-0.15, -0.1) is 0 Å². The highest BCUT2D eigenvalue weighted by Gasteiger charge is 2.21. The zero-order valence-corrected chi connectivity index (χ0v) is 12.8. The molecule has 116 valence electrons. The predicted octanol–water partition coefficient (Wildman–Crippen LogP) is 3.53. The molecule has 1 aromatic heterocycles. The molecule has 0 bridgehead atoms. The highest BCUT2D eigenvalue weighted by Crippen LogP contribution is 2.25. The quantitative estimate of drug-likeness (QED) is 0.693. The number of fused-ring (bicyclic) bond motifs is 1. The van der Waals surface area contributed by atoms with Crippen LogP contribution < -0.4 is 10.6 Å². The minimum atomic E-state index is -0.0503. The Morgan fingerprint density at radius 2 is 1.87 bits per heavy atom. The molecular weight excluding hydrogens is 286 g/mol. The van der Waals surface area contributed by atoms with Gasteiger partial charge < -0.3 is 15.6 Å². The third kappa shape index (κ3) is 2.85. The van der Waals surface area contributed by atoms with Crippen LogP contribution in [-0.4, -0.2) is 23.5 Å². The molecule has 1 aliphatic rings. The van der Waals surface area contributed by atoms with Crippen molar-refractivity contribution in [3.05, 3.63) is 54.7 Å². The van der Waals surface area contributed by atoms with Crippen molar-refractivity contribution in [2.75, 3.05) is 11.9 Å². The lowest BCUT2D eigenvalue weighted by Gasteiger charge is -2.11. The second kappa shape index (κ2) is 5.89. The first-order valence-corrected chi connectivity index (χ1v) is 8.01. The molecule has 1 atom stereocenters. The zero-order chi connectivity index (χ0) is 15.6. The molecule has 1 aliphatic heterocycles. The Kier molecular flexibility index (Phi) is 3.60. The van der Waals surface area contributed by atoms with Gasteiger partial charge in [-0.1, -0.05) is 18.2 Å². The van der Waals surface area contributed by atoms with Crippen LogP contribution in [0.25, 0.3) is 22.0 Å². The standard InChI is InChI=1S/C19H19N3O/c23-19(18-2-1-10-20-18)22-16-6-3-13(4-7-16)14-5-8-17-15(12-14)9-11-21-17/h3-9,11-12,18,20-21H,1-2,10H2,(H,22,23). The minimum Gasteiger partial charge on any atom is -0.361 e. The number of aromatic amines is 1. The van der Waals surface area contributed by atoms with Crippen molar-refractivity contribution in [1.29, 1.82) is 0 Å². The number of rotatable bonds is 3. The molecule has 4 rings (SSSR count). The maximum Gasteiger partial charge on any atom is 0.241 e. The van der Waals surface area contributed by atoms with Crippen LogP contribution in [0.5, 0.6) is 0 Å². The second-order valence-corrected chi connectivity index (χ2v) is 6.00. The SMILES string of the molecule is O=C(Nc1ccc(-c2ccc3[nH]ccc3c2)cc1)C1CCCN1. The first-order chi connectivity index (χ1) is 11.3. The fourth-order valence-corrected chi connectivity index (χ4v) is 3.12. The van der Waals surface area contributed by atoms with E-state index < -0.39 is 0 Å². The van der Waals surface area contributed by atoms with E-state index in [2.05, 4.69) is 39.9 Å². The topological polar surface area (TPSA) is 56.9 Å². The second-order valence-electron chi connectivity index (χ2n) is 6.00. The molecule has 23 heavy (non-hydrogen) atoms. The molecule has 1 saturated heterocycles. The Labute approximate surface area is 134 Å². The van der Waals surface area contributed by atoms with E-state index in [-0.39, 0.29) is 11.9 Å². The van der Waals surface area contributed by atoms with Gasteiger partial charge in [0.2, 0.25) is 5.91 Å². The van der Waals surface area contributed by atoms with Crippen LogP contribution in [-0.2, 0) is 4.79 Å². The van der Waals surface area contributed by atoms with Gasteiger partial charge in [0.25, 0.3) is 0 Å². The van der Waals surface area contributed by atoms with Crippen molar-refractivity contribution in [2.24, 2.45) is 0 Å². The van der Waals surface area contributed by atoms with Crippen molar-refractivity contribution in [3.63, 3.8) is 0 Å². The van der Waals surface area contributed by atoms with Crippen LogP contribution in [0.3, 0.4) is 0 Å². The molecule has 2 aromatic carbocycles. The van der Waals surface area contributed by atoms with E-state index in [1.807, 2.05) is 30.5 Å². The largest absolute Gasteiger partial charge is 0.361 e. The lowest BCUT2D eigenvalue weighted by molar-refractivity contribution is -0.117. The highest BCUT2D eigenvalue weighted by molar-refractivity contribution is 5.95. The summed E-state index contributed by atoms with van der Waals surface area (Å²) in [5.74, 6) is 0.0593.